The maximum absolute atomic E-state index is 13.0. The zero-order chi connectivity index (χ0) is 22.6. The minimum Gasteiger partial charge on any atom is -0.494 e. The SMILES string of the molecule is CCOc1ccc(S(=O)(=O)N2CCC(C(=O)N3CCCN(S(C)(=O)=O)CC3)CC2)cc1. The second-order valence-corrected chi connectivity index (χ2v) is 11.8. The first kappa shape index (κ1) is 24.0. The molecule has 2 aliphatic heterocycles. The van der Waals surface area contributed by atoms with E-state index in [0.29, 0.717) is 57.8 Å². The number of sulfonamides is 2. The second-order valence-electron chi connectivity index (χ2n) is 7.92. The first-order valence-corrected chi connectivity index (χ1v) is 13.9. The van der Waals surface area contributed by atoms with Crippen molar-refractivity contribution in [1.82, 2.24) is 13.5 Å². The molecule has 2 aliphatic rings. The number of rotatable bonds is 6. The molecule has 0 spiro atoms. The summed E-state index contributed by atoms with van der Waals surface area (Å²) < 4.78 is 57.6. The zero-order valence-electron chi connectivity index (χ0n) is 18.1. The highest BCUT2D eigenvalue weighted by molar-refractivity contribution is 7.89. The van der Waals surface area contributed by atoms with Crippen LogP contribution in [0.5, 0.6) is 5.75 Å². The lowest BCUT2D eigenvalue weighted by molar-refractivity contribution is -0.136. The Morgan fingerprint density at radius 3 is 2.16 bits per heavy atom. The van der Waals surface area contributed by atoms with Crippen molar-refractivity contribution in [3.8, 4) is 5.75 Å². The van der Waals surface area contributed by atoms with Crippen molar-refractivity contribution in [2.24, 2.45) is 5.92 Å². The predicted octanol–water partition coefficient (Wildman–Crippen LogP) is 0.980. The van der Waals surface area contributed by atoms with E-state index >= 15 is 0 Å². The van der Waals surface area contributed by atoms with Crippen molar-refractivity contribution in [2.75, 3.05) is 52.1 Å². The first-order chi connectivity index (χ1) is 14.6. The molecule has 3 rings (SSSR count). The van der Waals surface area contributed by atoms with Gasteiger partial charge in [-0.25, -0.2) is 21.1 Å². The molecular formula is C20H31N3O6S2. The third kappa shape index (κ3) is 5.76. The van der Waals surface area contributed by atoms with Gasteiger partial charge in [0.05, 0.1) is 17.8 Å². The zero-order valence-corrected chi connectivity index (χ0v) is 19.7. The minimum absolute atomic E-state index is 0.00605. The molecule has 0 N–H and O–H groups in total. The topological polar surface area (TPSA) is 104 Å². The van der Waals surface area contributed by atoms with Crippen molar-refractivity contribution in [3.05, 3.63) is 24.3 Å². The fourth-order valence-electron chi connectivity index (χ4n) is 4.07. The number of benzene rings is 1. The number of hydrogen-bond acceptors (Lipinski definition) is 6. The molecule has 0 unspecified atom stereocenters. The standard InChI is InChI=1S/C20H31N3O6S2/c1-3-29-18-5-7-19(8-6-18)31(27,28)23-13-9-17(10-14-23)20(24)21-11-4-12-22(16-15-21)30(2,25)26/h5-8,17H,3-4,9-16H2,1-2H3. The number of carbonyl (C=O) groups is 1. The normalized spacial score (nSPS) is 20.4. The van der Waals surface area contributed by atoms with Crippen LogP contribution in [-0.2, 0) is 24.8 Å². The lowest BCUT2D eigenvalue weighted by Crippen LogP contribution is -2.45. The molecule has 1 amide bonds. The second kappa shape index (κ2) is 9.85. The van der Waals surface area contributed by atoms with Crippen LogP contribution in [0.3, 0.4) is 0 Å². The van der Waals surface area contributed by atoms with Gasteiger partial charge in [-0.3, -0.25) is 4.79 Å². The third-order valence-corrected chi connectivity index (χ3v) is 9.03. The molecule has 1 aromatic rings. The van der Waals surface area contributed by atoms with Crippen LogP contribution in [0.2, 0.25) is 0 Å². The number of nitrogens with zero attached hydrogens (tertiary/aromatic N) is 3. The predicted molar refractivity (Wildman–Crippen MR) is 117 cm³/mol. The van der Waals surface area contributed by atoms with E-state index in [1.165, 1.54) is 14.9 Å². The van der Waals surface area contributed by atoms with E-state index in [1.54, 1.807) is 29.2 Å². The maximum Gasteiger partial charge on any atom is 0.243 e. The van der Waals surface area contributed by atoms with E-state index in [2.05, 4.69) is 0 Å². The molecule has 2 heterocycles. The fourth-order valence-corrected chi connectivity index (χ4v) is 6.41. The van der Waals surface area contributed by atoms with Gasteiger partial charge in [-0.1, -0.05) is 0 Å². The third-order valence-electron chi connectivity index (χ3n) is 5.81. The number of piperidine rings is 1. The highest BCUT2D eigenvalue weighted by Gasteiger charge is 2.34. The van der Waals surface area contributed by atoms with Crippen LogP contribution >= 0.6 is 0 Å². The molecule has 2 saturated heterocycles. The molecule has 174 valence electrons. The van der Waals surface area contributed by atoms with Gasteiger partial charge >= 0.3 is 0 Å². The Hall–Kier alpha value is -1.69. The Balaban J connectivity index is 1.58. The highest BCUT2D eigenvalue weighted by Crippen LogP contribution is 2.26. The quantitative estimate of drug-likeness (QED) is 0.610. The van der Waals surface area contributed by atoms with Crippen LogP contribution in [0.25, 0.3) is 0 Å². The molecule has 0 aliphatic carbocycles. The van der Waals surface area contributed by atoms with Gasteiger partial charge in [0.25, 0.3) is 0 Å². The summed E-state index contributed by atoms with van der Waals surface area (Å²) in [6.45, 7) is 4.56. The molecule has 11 heteroatoms. The van der Waals surface area contributed by atoms with Gasteiger partial charge in [0.2, 0.25) is 26.0 Å². The average Bonchev–Trinajstić information content (AvgIpc) is 3.00. The molecule has 1 aromatic carbocycles. The summed E-state index contributed by atoms with van der Waals surface area (Å²) in [6.07, 6.45) is 2.71. The van der Waals surface area contributed by atoms with Crippen LogP contribution in [-0.4, -0.2) is 88.4 Å². The average molecular weight is 474 g/mol. The highest BCUT2D eigenvalue weighted by atomic mass is 32.2. The summed E-state index contributed by atoms with van der Waals surface area (Å²) in [7, 11) is -6.88. The Labute approximate surface area is 185 Å². The van der Waals surface area contributed by atoms with E-state index in [9.17, 15) is 21.6 Å². The van der Waals surface area contributed by atoms with Crippen LogP contribution < -0.4 is 4.74 Å². The van der Waals surface area contributed by atoms with Gasteiger partial charge in [0, 0.05) is 45.2 Å². The molecule has 0 bridgehead atoms. The molecule has 0 radical (unpaired) electrons. The smallest absolute Gasteiger partial charge is 0.243 e. The van der Waals surface area contributed by atoms with E-state index in [1.807, 2.05) is 6.92 Å². The Morgan fingerprint density at radius 2 is 1.58 bits per heavy atom. The molecule has 0 aromatic heterocycles. The molecule has 0 saturated carbocycles. The van der Waals surface area contributed by atoms with Gasteiger partial charge < -0.3 is 9.64 Å². The largest absolute Gasteiger partial charge is 0.494 e. The van der Waals surface area contributed by atoms with Crippen LogP contribution in [0.15, 0.2) is 29.2 Å². The Morgan fingerprint density at radius 1 is 0.935 bits per heavy atom. The van der Waals surface area contributed by atoms with Gasteiger partial charge in [-0.05, 0) is 50.5 Å². The van der Waals surface area contributed by atoms with Crippen molar-refractivity contribution >= 4 is 26.0 Å². The number of amides is 1. The van der Waals surface area contributed by atoms with Gasteiger partial charge in [-0.15, -0.1) is 0 Å². The summed E-state index contributed by atoms with van der Waals surface area (Å²) in [5.41, 5.74) is 0. The van der Waals surface area contributed by atoms with Crippen LogP contribution in [0, 0.1) is 5.92 Å². The summed E-state index contributed by atoms with van der Waals surface area (Å²) in [4.78, 5) is 14.9. The maximum atomic E-state index is 13.0. The Kier molecular flexibility index (Phi) is 7.61. The number of ether oxygens (including phenoxy) is 1. The molecule has 31 heavy (non-hydrogen) atoms. The van der Waals surface area contributed by atoms with Gasteiger partial charge in [-0.2, -0.15) is 4.31 Å². The monoisotopic (exact) mass is 473 g/mol. The first-order valence-electron chi connectivity index (χ1n) is 10.6. The molecule has 9 nitrogen and oxygen atoms in total. The minimum atomic E-state index is -3.62. The summed E-state index contributed by atoms with van der Waals surface area (Å²) in [6, 6.07) is 6.38. The van der Waals surface area contributed by atoms with Crippen LogP contribution in [0.4, 0.5) is 0 Å². The molecular weight excluding hydrogens is 442 g/mol. The lowest BCUT2D eigenvalue weighted by atomic mass is 9.96. The van der Waals surface area contributed by atoms with E-state index in [4.69, 9.17) is 4.74 Å². The molecule has 0 atom stereocenters. The van der Waals surface area contributed by atoms with E-state index < -0.39 is 20.0 Å². The van der Waals surface area contributed by atoms with Gasteiger partial charge in [0.1, 0.15) is 5.75 Å². The Bertz CT molecular complexity index is 971. The number of carbonyl (C=O) groups excluding carboxylic acids is 1. The van der Waals surface area contributed by atoms with Crippen LogP contribution in [0.1, 0.15) is 26.2 Å². The van der Waals surface area contributed by atoms with E-state index in [-0.39, 0.29) is 29.8 Å². The van der Waals surface area contributed by atoms with Crippen molar-refractivity contribution in [1.29, 1.82) is 0 Å². The lowest BCUT2D eigenvalue weighted by Gasteiger charge is -2.33. The van der Waals surface area contributed by atoms with Crippen molar-refractivity contribution in [3.63, 3.8) is 0 Å². The molecule has 2 fully saturated rings. The summed E-state index contributed by atoms with van der Waals surface area (Å²) in [5, 5.41) is 0. The van der Waals surface area contributed by atoms with Crippen molar-refractivity contribution in [2.45, 2.75) is 31.1 Å². The fraction of sp³-hybridized carbons (Fsp3) is 0.650. The van der Waals surface area contributed by atoms with E-state index in [0.717, 1.165) is 0 Å². The summed E-state index contributed by atoms with van der Waals surface area (Å²) >= 11 is 0. The van der Waals surface area contributed by atoms with Crippen molar-refractivity contribution < 1.29 is 26.4 Å². The number of hydrogen-bond donors (Lipinski definition) is 0. The summed E-state index contributed by atoms with van der Waals surface area (Å²) in [5.74, 6) is 0.377. The van der Waals surface area contributed by atoms with Gasteiger partial charge in [0.15, 0.2) is 0 Å².